The predicted molar refractivity (Wildman–Crippen MR) is 178 cm³/mol. The van der Waals surface area contributed by atoms with E-state index in [9.17, 15) is 18.7 Å². The Kier molecular flexibility index (Phi) is 8.29. The molecule has 2 atom stereocenters. The van der Waals surface area contributed by atoms with Crippen molar-refractivity contribution < 1.29 is 27.8 Å². The number of rotatable bonds is 9. The van der Waals surface area contributed by atoms with E-state index in [1.54, 1.807) is 38.8 Å². The molecule has 256 valence electrons. The summed E-state index contributed by atoms with van der Waals surface area (Å²) in [4.78, 5) is 29.6. The second-order valence-corrected chi connectivity index (χ2v) is 13.1. The number of phenolic OH excluding ortho intramolecular Hbond substituents is 1. The average molecular weight is 675 g/mol. The van der Waals surface area contributed by atoms with Gasteiger partial charge in [0.15, 0.2) is 11.5 Å². The van der Waals surface area contributed by atoms with Crippen LogP contribution in [-0.2, 0) is 20.0 Å². The summed E-state index contributed by atoms with van der Waals surface area (Å²) in [6.07, 6.45) is 2.83. The van der Waals surface area contributed by atoms with Crippen molar-refractivity contribution in [3.8, 4) is 23.0 Å². The lowest BCUT2D eigenvalue weighted by atomic mass is 9.94. The fourth-order valence-electron chi connectivity index (χ4n) is 7.28. The highest BCUT2D eigenvalue weighted by molar-refractivity contribution is 6.01. The molecule has 0 radical (unpaired) electrons. The van der Waals surface area contributed by atoms with Crippen LogP contribution in [0.3, 0.4) is 0 Å². The fraction of sp³-hybridized carbons (Fsp3) is 0.400. The number of alkyl halides is 1. The molecule has 14 heteroatoms. The number of anilines is 1. The van der Waals surface area contributed by atoms with Crippen molar-refractivity contribution in [2.75, 3.05) is 39.1 Å². The van der Waals surface area contributed by atoms with Gasteiger partial charge in [-0.15, -0.1) is 0 Å². The number of halogens is 3. The maximum absolute atomic E-state index is 16.8. The second-order valence-electron chi connectivity index (χ2n) is 13.1. The first kappa shape index (κ1) is 32.6. The van der Waals surface area contributed by atoms with Crippen molar-refractivity contribution in [1.29, 1.82) is 0 Å². The number of hydrogen-bond donors (Lipinski definition) is 2. The van der Waals surface area contributed by atoms with Crippen LogP contribution in [0.5, 0.6) is 11.8 Å². The number of aryl methyl sites for hydroxylation is 2. The van der Waals surface area contributed by atoms with Gasteiger partial charge in [0.1, 0.15) is 41.4 Å². The van der Waals surface area contributed by atoms with E-state index in [4.69, 9.17) is 4.74 Å². The van der Waals surface area contributed by atoms with Crippen LogP contribution < -0.4 is 10.1 Å². The molecule has 5 heterocycles. The summed E-state index contributed by atoms with van der Waals surface area (Å²) < 4.78 is 54.0. The van der Waals surface area contributed by atoms with E-state index in [0.717, 1.165) is 19.4 Å². The zero-order valence-corrected chi connectivity index (χ0v) is 27.7. The van der Waals surface area contributed by atoms with Crippen molar-refractivity contribution in [1.82, 2.24) is 34.5 Å². The maximum atomic E-state index is 16.8. The average Bonchev–Trinajstić information content (AvgIpc) is 3.73. The lowest BCUT2D eigenvalue weighted by molar-refractivity contribution is 0.0821. The number of hydrogen-bond acceptors (Lipinski definition) is 9. The molecule has 2 saturated heterocycles. The molecular formula is C35H37F3N8O3. The molecule has 11 nitrogen and oxygen atoms in total. The summed E-state index contributed by atoms with van der Waals surface area (Å²) in [5, 5.41) is 19.3. The van der Waals surface area contributed by atoms with E-state index >= 15 is 4.39 Å². The lowest BCUT2D eigenvalue weighted by Crippen LogP contribution is -2.43. The van der Waals surface area contributed by atoms with Crippen molar-refractivity contribution in [2.24, 2.45) is 7.05 Å². The van der Waals surface area contributed by atoms with Crippen LogP contribution in [0.15, 0.2) is 36.5 Å². The van der Waals surface area contributed by atoms with Gasteiger partial charge in [0, 0.05) is 45.9 Å². The van der Waals surface area contributed by atoms with Crippen LogP contribution in [0.25, 0.3) is 32.9 Å². The van der Waals surface area contributed by atoms with Crippen LogP contribution in [0.4, 0.5) is 19.0 Å². The van der Waals surface area contributed by atoms with Gasteiger partial charge in [-0.25, -0.2) is 13.2 Å². The number of pyridine rings is 1. The number of phenols is 1. The molecule has 2 N–H and O–H groups in total. The monoisotopic (exact) mass is 674 g/mol. The minimum Gasteiger partial charge on any atom is -0.508 e. The highest BCUT2D eigenvalue weighted by Crippen LogP contribution is 2.41. The van der Waals surface area contributed by atoms with E-state index in [0.29, 0.717) is 41.4 Å². The van der Waals surface area contributed by atoms with E-state index in [1.807, 2.05) is 0 Å². The largest absolute Gasteiger partial charge is 0.508 e. The summed E-state index contributed by atoms with van der Waals surface area (Å²) in [5.74, 6) is -1.41. The normalized spacial score (nSPS) is 19.1. The maximum Gasteiger partial charge on any atom is 0.319 e. The van der Waals surface area contributed by atoms with Gasteiger partial charge < -0.3 is 20.1 Å². The summed E-state index contributed by atoms with van der Waals surface area (Å²) in [7, 11) is 4.99. The minimum atomic E-state index is -0.956. The van der Waals surface area contributed by atoms with Crippen molar-refractivity contribution in [2.45, 2.75) is 50.9 Å². The predicted octanol–water partition coefficient (Wildman–Crippen LogP) is 5.39. The van der Waals surface area contributed by atoms with Gasteiger partial charge in [0.05, 0.1) is 23.2 Å². The molecule has 0 spiro atoms. The van der Waals surface area contributed by atoms with E-state index < -0.39 is 23.3 Å². The van der Waals surface area contributed by atoms with Gasteiger partial charge >= 0.3 is 6.01 Å². The summed E-state index contributed by atoms with van der Waals surface area (Å²) in [6, 6.07) is 7.28. The second kappa shape index (κ2) is 12.5. The number of amides is 1. The molecule has 5 aromatic rings. The van der Waals surface area contributed by atoms with Crippen molar-refractivity contribution in [3.05, 3.63) is 65.1 Å². The third-order valence-corrected chi connectivity index (χ3v) is 9.70. The van der Waals surface area contributed by atoms with Crippen LogP contribution >= 0.6 is 0 Å². The van der Waals surface area contributed by atoms with Crippen LogP contribution in [0, 0.1) is 11.6 Å². The van der Waals surface area contributed by atoms with Gasteiger partial charge in [0.25, 0.3) is 5.91 Å². The Balaban J connectivity index is 1.32. The number of aromatic hydroxyl groups is 1. The highest BCUT2D eigenvalue weighted by Gasteiger charge is 2.49. The lowest BCUT2D eigenvalue weighted by Gasteiger charge is -2.30. The third kappa shape index (κ3) is 5.77. The number of nitrogens with zero attached hydrogens (tertiary/aromatic N) is 7. The Morgan fingerprint density at radius 2 is 2.02 bits per heavy atom. The molecule has 2 aromatic carbocycles. The summed E-state index contributed by atoms with van der Waals surface area (Å²) in [5.41, 5.74) is 0.794. The summed E-state index contributed by atoms with van der Waals surface area (Å²) >= 11 is 0. The number of fused-ring (bicyclic) bond motifs is 3. The minimum absolute atomic E-state index is 0.104. The fourth-order valence-corrected chi connectivity index (χ4v) is 7.28. The molecule has 0 bridgehead atoms. The number of benzene rings is 2. The molecule has 49 heavy (non-hydrogen) atoms. The van der Waals surface area contributed by atoms with Crippen molar-refractivity contribution in [3.63, 3.8) is 0 Å². The topological polar surface area (TPSA) is 122 Å². The Morgan fingerprint density at radius 1 is 1.20 bits per heavy atom. The molecule has 0 unspecified atom stereocenters. The number of nitrogens with one attached hydrogen (secondary N) is 1. The molecule has 1 amide bonds. The Bertz CT molecular complexity index is 2100. The molecule has 2 fully saturated rings. The van der Waals surface area contributed by atoms with Gasteiger partial charge in [0.2, 0.25) is 0 Å². The number of carbonyl (C=O) groups is 1. The number of aromatic nitrogens is 5. The Morgan fingerprint density at radius 3 is 2.80 bits per heavy atom. The third-order valence-electron chi connectivity index (χ3n) is 9.70. The van der Waals surface area contributed by atoms with Gasteiger partial charge in [-0.1, -0.05) is 13.0 Å². The van der Waals surface area contributed by atoms with Gasteiger partial charge in [-0.05, 0) is 66.4 Å². The molecule has 3 aromatic heterocycles. The van der Waals surface area contributed by atoms with Gasteiger partial charge in [-0.2, -0.15) is 15.1 Å². The SMILES string of the molecule is CCc1c(F)ccc2cc(O)cc(-c3ncc4c(NCc5cc(C(=O)N(C)C)nn5C)nc(OC[C@@]56CCCN5C[C@H](F)C6)nc4c3F)c12. The van der Waals surface area contributed by atoms with E-state index in [1.165, 1.54) is 35.4 Å². The van der Waals surface area contributed by atoms with Crippen LogP contribution in [-0.4, -0.2) is 91.0 Å². The van der Waals surface area contributed by atoms with Gasteiger partial charge in [-0.3, -0.25) is 19.4 Å². The Labute approximate surface area is 280 Å². The molecule has 2 aliphatic rings. The number of carbonyl (C=O) groups excluding carboxylic acids is 1. The molecular weight excluding hydrogens is 637 g/mol. The highest BCUT2D eigenvalue weighted by atomic mass is 19.1. The van der Waals surface area contributed by atoms with Crippen LogP contribution in [0.1, 0.15) is 47.9 Å². The zero-order chi connectivity index (χ0) is 34.6. The zero-order valence-electron chi connectivity index (χ0n) is 27.7. The first-order valence-corrected chi connectivity index (χ1v) is 16.3. The van der Waals surface area contributed by atoms with E-state index in [2.05, 4.69) is 30.3 Å². The van der Waals surface area contributed by atoms with Crippen LogP contribution in [0.2, 0.25) is 0 Å². The Hall–Kier alpha value is -4.98. The molecule has 7 rings (SSSR count). The standard InChI is InChI=1S/C35H37F3N8O3/c1-5-23-26(37)8-7-19-11-22(47)13-24(28(19)23)30-29(38)31-25(16-39-30)32(40-15-21-12-27(43-45(21)4)33(48)44(2)3)42-34(41-31)49-18-35-9-6-10-46(35)17-20(36)14-35/h7-8,11-13,16,20,47H,5-6,9-10,14-15,17-18H2,1-4H3,(H,40,41,42)/t20-,35+/m1/s1. The van der Waals surface area contributed by atoms with E-state index in [-0.39, 0.29) is 64.5 Å². The summed E-state index contributed by atoms with van der Waals surface area (Å²) in [6.45, 7) is 3.22. The molecule has 0 aliphatic carbocycles. The quantitative estimate of drug-likeness (QED) is 0.212. The first-order valence-electron chi connectivity index (χ1n) is 16.3. The number of ether oxygens (including phenoxy) is 1. The first-order chi connectivity index (χ1) is 23.5. The molecule has 0 saturated carbocycles. The van der Waals surface area contributed by atoms with Crippen molar-refractivity contribution >= 4 is 33.4 Å². The smallest absolute Gasteiger partial charge is 0.319 e. The molecule has 2 aliphatic heterocycles.